The number of carbonyl (C=O) groups excluding carboxylic acids is 1. The molecule has 1 rings (SSSR count). The third-order valence-corrected chi connectivity index (χ3v) is 2.09. The molecule has 0 bridgehead atoms. The van der Waals surface area contributed by atoms with Crippen LogP contribution in [-0.2, 0) is 4.79 Å². The van der Waals surface area contributed by atoms with Crippen molar-refractivity contribution in [1.29, 1.82) is 5.26 Å². The van der Waals surface area contributed by atoms with Gasteiger partial charge in [0, 0.05) is 5.92 Å². The summed E-state index contributed by atoms with van der Waals surface area (Å²) < 4.78 is 0. The highest BCUT2D eigenvalue weighted by atomic mass is 16.3. The van der Waals surface area contributed by atoms with Crippen LogP contribution in [-0.4, -0.2) is 10.9 Å². The predicted octanol–water partition coefficient (Wildman–Crippen LogP) is 2.52. The maximum Gasteiger partial charge on any atom is 0.175 e. The molecule has 0 fully saturated rings. The van der Waals surface area contributed by atoms with Gasteiger partial charge < -0.3 is 5.11 Å². The molecule has 0 aliphatic rings. The lowest BCUT2D eigenvalue weighted by Gasteiger charge is -2.02. The van der Waals surface area contributed by atoms with E-state index in [-0.39, 0.29) is 23.0 Å². The minimum Gasteiger partial charge on any atom is -0.508 e. The Kier molecular flexibility index (Phi) is 3.84. The molecule has 0 spiro atoms. The SMILES string of the molecule is CC(C)C(=O)/C(C#N)=C\c1cccc(O)c1. The first-order chi connectivity index (χ1) is 7.54. The van der Waals surface area contributed by atoms with Gasteiger partial charge >= 0.3 is 0 Å². The minimum absolute atomic E-state index is 0.112. The average molecular weight is 215 g/mol. The number of Topliss-reactive ketones (excluding diaryl/α,β-unsaturated/α-hetero) is 1. The Balaban J connectivity index is 3.07. The number of phenols is 1. The molecule has 0 heterocycles. The summed E-state index contributed by atoms with van der Waals surface area (Å²) in [5.41, 5.74) is 0.756. The highest BCUT2D eigenvalue weighted by Crippen LogP contribution is 2.15. The van der Waals surface area contributed by atoms with E-state index in [0.29, 0.717) is 5.56 Å². The normalized spacial score (nSPS) is 11.2. The second kappa shape index (κ2) is 5.13. The Labute approximate surface area is 94.6 Å². The third kappa shape index (κ3) is 2.96. The second-order valence-electron chi connectivity index (χ2n) is 3.78. The Morgan fingerprint density at radius 3 is 2.69 bits per heavy atom. The van der Waals surface area contributed by atoms with E-state index < -0.39 is 0 Å². The number of carbonyl (C=O) groups is 1. The maximum absolute atomic E-state index is 11.6. The summed E-state index contributed by atoms with van der Waals surface area (Å²) in [5, 5.41) is 18.1. The van der Waals surface area contributed by atoms with Gasteiger partial charge in [-0.25, -0.2) is 0 Å². The van der Waals surface area contributed by atoms with Crippen molar-refractivity contribution in [1.82, 2.24) is 0 Å². The number of benzene rings is 1. The predicted molar refractivity (Wildman–Crippen MR) is 61.5 cm³/mol. The lowest BCUT2D eigenvalue weighted by Crippen LogP contribution is -2.08. The molecule has 3 heteroatoms. The van der Waals surface area contributed by atoms with Gasteiger partial charge in [0.25, 0.3) is 0 Å². The molecule has 0 aromatic heterocycles. The van der Waals surface area contributed by atoms with E-state index in [1.54, 1.807) is 26.0 Å². The lowest BCUT2D eigenvalue weighted by molar-refractivity contribution is -0.117. The molecule has 0 radical (unpaired) electrons. The van der Waals surface area contributed by atoms with Gasteiger partial charge in [0.05, 0.1) is 5.57 Å². The average Bonchev–Trinajstić information content (AvgIpc) is 2.25. The van der Waals surface area contributed by atoms with E-state index in [1.165, 1.54) is 18.2 Å². The largest absolute Gasteiger partial charge is 0.508 e. The Morgan fingerprint density at radius 2 is 2.19 bits per heavy atom. The van der Waals surface area contributed by atoms with Crippen molar-refractivity contribution in [3.05, 3.63) is 35.4 Å². The van der Waals surface area contributed by atoms with Crippen molar-refractivity contribution in [2.45, 2.75) is 13.8 Å². The standard InChI is InChI=1S/C13H13NO2/c1-9(2)13(16)11(8-14)6-10-4-3-5-12(15)7-10/h3-7,9,15H,1-2H3/b11-6-. The summed E-state index contributed by atoms with van der Waals surface area (Å²) in [6, 6.07) is 8.31. The van der Waals surface area contributed by atoms with Crippen LogP contribution in [0.25, 0.3) is 6.08 Å². The van der Waals surface area contributed by atoms with Crippen LogP contribution < -0.4 is 0 Å². The fourth-order valence-electron chi connectivity index (χ4n) is 1.25. The highest BCUT2D eigenvalue weighted by Gasteiger charge is 2.12. The molecule has 3 nitrogen and oxygen atoms in total. The van der Waals surface area contributed by atoms with Crippen molar-refractivity contribution >= 4 is 11.9 Å². The summed E-state index contributed by atoms with van der Waals surface area (Å²) in [6.45, 7) is 3.49. The molecular weight excluding hydrogens is 202 g/mol. The number of nitrogens with zero attached hydrogens (tertiary/aromatic N) is 1. The van der Waals surface area contributed by atoms with E-state index in [4.69, 9.17) is 5.26 Å². The van der Waals surface area contributed by atoms with Crippen molar-refractivity contribution in [3.63, 3.8) is 0 Å². The molecule has 0 saturated heterocycles. The fourth-order valence-corrected chi connectivity index (χ4v) is 1.25. The molecule has 0 saturated carbocycles. The number of nitriles is 1. The van der Waals surface area contributed by atoms with Gasteiger partial charge in [0.15, 0.2) is 5.78 Å². The third-order valence-electron chi connectivity index (χ3n) is 2.09. The van der Waals surface area contributed by atoms with Crippen LogP contribution in [0.5, 0.6) is 5.75 Å². The zero-order chi connectivity index (χ0) is 12.1. The minimum atomic E-state index is -0.205. The summed E-state index contributed by atoms with van der Waals surface area (Å²) in [5.74, 6) is -0.280. The van der Waals surface area contributed by atoms with Gasteiger partial charge in [-0.15, -0.1) is 0 Å². The Hall–Kier alpha value is -2.08. The number of aromatic hydroxyl groups is 1. The van der Waals surface area contributed by atoms with Gasteiger partial charge in [0.1, 0.15) is 11.8 Å². The molecular formula is C13H13NO2. The van der Waals surface area contributed by atoms with Gasteiger partial charge in [-0.3, -0.25) is 4.79 Å². The van der Waals surface area contributed by atoms with E-state index in [0.717, 1.165) is 0 Å². The molecule has 1 aromatic rings. The summed E-state index contributed by atoms with van der Waals surface area (Å²) in [4.78, 5) is 11.6. The number of ketones is 1. The molecule has 1 aromatic carbocycles. The Bertz CT molecular complexity index is 467. The van der Waals surface area contributed by atoms with Crippen LogP contribution >= 0.6 is 0 Å². The first-order valence-corrected chi connectivity index (χ1v) is 4.99. The first-order valence-electron chi connectivity index (χ1n) is 4.99. The highest BCUT2D eigenvalue weighted by molar-refractivity contribution is 6.04. The molecule has 0 aliphatic carbocycles. The topological polar surface area (TPSA) is 61.1 Å². The quantitative estimate of drug-likeness (QED) is 0.622. The number of allylic oxidation sites excluding steroid dienone is 1. The zero-order valence-corrected chi connectivity index (χ0v) is 9.27. The van der Waals surface area contributed by atoms with Crippen LogP contribution in [0, 0.1) is 17.2 Å². The van der Waals surface area contributed by atoms with Crippen LogP contribution in [0.4, 0.5) is 0 Å². The molecule has 16 heavy (non-hydrogen) atoms. The lowest BCUT2D eigenvalue weighted by atomic mass is 10.00. The second-order valence-corrected chi connectivity index (χ2v) is 3.78. The number of hydrogen-bond acceptors (Lipinski definition) is 3. The molecule has 82 valence electrons. The van der Waals surface area contributed by atoms with Gasteiger partial charge in [0.2, 0.25) is 0 Å². The van der Waals surface area contributed by atoms with E-state index in [9.17, 15) is 9.90 Å². The number of rotatable bonds is 3. The summed E-state index contributed by atoms with van der Waals surface area (Å²) in [7, 11) is 0. The Morgan fingerprint density at radius 1 is 1.50 bits per heavy atom. The first kappa shape index (κ1) is 12.0. The van der Waals surface area contributed by atoms with E-state index in [2.05, 4.69) is 0 Å². The van der Waals surface area contributed by atoms with Crippen LogP contribution in [0.3, 0.4) is 0 Å². The maximum atomic E-state index is 11.6. The van der Waals surface area contributed by atoms with Crippen molar-refractivity contribution in [3.8, 4) is 11.8 Å². The van der Waals surface area contributed by atoms with Crippen molar-refractivity contribution in [2.24, 2.45) is 5.92 Å². The monoisotopic (exact) mass is 215 g/mol. The van der Waals surface area contributed by atoms with Crippen molar-refractivity contribution in [2.75, 3.05) is 0 Å². The van der Waals surface area contributed by atoms with Gasteiger partial charge in [-0.1, -0.05) is 26.0 Å². The fraction of sp³-hybridized carbons (Fsp3) is 0.231. The van der Waals surface area contributed by atoms with Crippen LogP contribution in [0.2, 0.25) is 0 Å². The zero-order valence-electron chi connectivity index (χ0n) is 9.27. The van der Waals surface area contributed by atoms with Crippen molar-refractivity contribution < 1.29 is 9.90 Å². The van der Waals surface area contributed by atoms with Crippen LogP contribution in [0.15, 0.2) is 29.8 Å². The number of hydrogen-bond donors (Lipinski definition) is 1. The molecule has 0 unspecified atom stereocenters. The molecule has 0 atom stereocenters. The summed E-state index contributed by atoms with van der Waals surface area (Å²) in [6.07, 6.45) is 1.49. The number of phenolic OH excluding ortho intramolecular Hbond substituents is 1. The summed E-state index contributed by atoms with van der Waals surface area (Å²) >= 11 is 0. The van der Waals surface area contributed by atoms with Crippen LogP contribution in [0.1, 0.15) is 19.4 Å². The molecule has 0 aliphatic heterocycles. The molecule has 1 N–H and O–H groups in total. The van der Waals surface area contributed by atoms with E-state index in [1.807, 2.05) is 6.07 Å². The van der Waals surface area contributed by atoms with Gasteiger partial charge in [-0.2, -0.15) is 5.26 Å². The smallest absolute Gasteiger partial charge is 0.175 e. The molecule has 0 amide bonds. The van der Waals surface area contributed by atoms with E-state index >= 15 is 0 Å². The van der Waals surface area contributed by atoms with Gasteiger partial charge in [-0.05, 0) is 23.8 Å².